The molecule has 0 saturated heterocycles. The van der Waals surface area contributed by atoms with E-state index in [9.17, 15) is 4.79 Å². The first-order valence-corrected chi connectivity index (χ1v) is 6.89. The van der Waals surface area contributed by atoms with Gasteiger partial charge in [0.15, 0.2) is 0 Å². The van der Waals surface area contributed by atoms with Crippen molar-refractivity contribution >= 4 is 11.7 Å². The predicted molar refractivity (Wildman–Crippen MR) is 79.4 cm³/mol. The lowest BCUT2D eigenvalue weighted by Crippen LogP contribution is -2.40. The summed E-state index contributed by atoms with van der Waals surface area (Å²) >= 11 is 0. The Bertz CT molecular complexity index is 387. The highest BCUT2D eigenvalue weighted by atomic mass is 16.5. The van der Waals surface area contributed by atoms with Gasteiger partial charge in [-0.2, -0.15) is 0 Å². The number of anilines is 1. The van der Waals surface area contributed by atoms with Crippen molar-refractivity contribution in [1.29, 1.82) is 0 Å². The zero-order valence-electron chi connectivity index (χ0n) is 12.5. The third kappa shape index (κ3) is 4.58. The van der Waals surface area contributed by atoms with Gasteiger partial charge in [-0.05, 0) is 32.4 Å². The van der Waals surface area contributed by atoms with Crippen LogP contribution in [-0.2, 0) is 9.53 Å². The van der Waals surface area contributed by atoms with Gasteiger partial charge < -0.3 is 9.64 Å². The maximum atomic E-state index is 11.8. The highest BCUT2D eigenvalue weighted by Gasteiger charge is 2.31. The van der Waals surface area contributed by atoms with Gasteiger partial charge in [-0.1, -0.05) is 31.5 Å². The van der Waals surface area contributed by atoms with Gasteiger partial charge in [-0.3, -0.25) is 4.79 Å². The molecule has 0 aliphatic heterocycles. The molecule has 0 aromatic heterocycles. The van der Waals surface area contributed by atoms with Crippen LogP contribution in [0.25, 0.3) is 0 Å². The molecule has 3 nitrogen and oxygen atoms in total. The molecule has 0 spiro atoms. The van der Waals surface area contributed by atoms with Crippen LogP contribution >= 0.6 is 0 Å². The van der Waals surface area contributed by atoms with E-state index in [4.69, 9.17) is 4.74 Å². The van der Waals surface area contributed by atoms with E-state index in [2.05, 4.69) is 24.0 Å². The Kier molecular flexibility index (Phi) is 5.87. The number of para-hydroxylation sites is 1. The molecule has 19 heavy (non-hydrogen) atoms. The highest BCUT2D eigenvalue weighted by Crippen LogP contribution is 2.23. The van der Waals surface area contributed by atoms with Crippen LogP contribution in [0.2, 0.25) is 0 Å². The number of nitrogens with zero attached hydrogens (tertiary/aromatic N) is 1. The molecule has 0 bridgehead atoms. The minimum Gasteiger partial charge on any atom is -0.469 e. The van der Waals surface area contributed by atoms with E-state index >= 15 is 0 Å². The number of benzene rings is 1. The summed E-state index contributed by atoms with van der Waals surface area (Å²) in [7, 11) is 1.45. The maximum absolute atomic E-state index is 11.8. The van der Waals surface area contributed by atoms with Crippen LogP contribution < -0.4 is 4.90 Å². The summed E-state index contributed by atoms with van der Waals surface area (Å²) in [6.45, 7) is 7.67. The lowest BCUT2D eigenvalue weighted by molar-refractivity contribution is -0.150. The van der Waals surface area contributed by atoms with Gasteiger partial charge in [-0.15, -0.1) is 0 Å². The average molecular weight is 263 g/mol. The number of carbonyl (C=O) groups excluding carboxylic acids is 1. The number of rotatable bonds is 7. The second-order valence-corrected chi connectivity index (χ2v) is 5.49. The summed E-state index contributed by atoms with van der Waals surface area (Å²) in [5, 5.41) is 0. The van der Waals surface area contributed by atoms with E-state index in [1.165, 1.54) is 7.11 Å². The maximum Gasteiger partial charge on any atom is 0.313 e. The van der Waals surface area contributed by atoms with Crippen LogP contribution in [0.5, 0.6) is 0 Å². The largest absolute Gasteiger partial charge is 0.469 e. The Hall–Kier alpha value is -1.51. The molecule has 0 aliphatic carbocycles. The zero-order valence-corrected chi connectivity index (χ0v) is 12.5. The molecule has 0 aliphatic rings. The topological polar surface area (TPSA) is 29.5 Å². The van der Waals surface area contributed by atoms with E-state index in [1.807, 2.05) is 32.0 Å². The molecule has 0 heterocycles. The third-order valence-corrected chi connectivity index (χ3v) is 3.23. The standard InChI is InChI=1S/C16H25NO2/c1-5-6-12-17(14-10-8-7-9-11-14)13-16(2,3)15(18)19-4/h7-11H,5-6,12-13H2,1-4H3. The third-order valence-electron chi connectivity index (χ3n) is 3.23. The highest BCUT2D eigenvalue weighted by molar-refractivity contribution is 5.76. The molecule has 1 aromatic carbocycles. The SMILES string of the molecule is CCCCN(CC(C)(C)C(=O)OC)c1ccccc1. The van der Waals surface area contributed by atoms with Gasteiger partial charge in [0.2, 0.25) is 0 Å². The van der Waals surface area contributed by atoms with Crippen molar-refractivity contribution in [1.82, 2.24) is 0 Å². The molecule has 0 atom stereocenters. The minimum absolute atomic E-state index is 0.162. The molecule has 0 radical (unpaired) electrons. The fraction of sp³-hybridized carbons (Fsp3) is 0.562. The van der Waals surface area contributed by atoms with Crippen molar-refractivity contribution in [3.8, 4) is 0 Å². The number of unbranched alkanes of at least 4 members (excludes halogenated alkanes) is 1. The molecule has 1 aromatic rings. The summed E-state index contributed by atoms with van der Waals surface area (Å²) in [5.74, 6) is -0.162. The molecule has 0 unspecified atom stereocenters. The molecular weight excluding hydrogens is 238 g/mol. The van der Waals surface area contributed by atoms with Crippen molar-refractivity contribution < 1.29 is 9.53 Å². The summed E-state index contributed by atoms with van der Waals surface area (Å²) in [4.78, 5) is 14.1. The summed E-state index contributed by atoms with van der Waals surface area (Å²) in [6.07, 6.45) is 2.26. The van der Waals surface area contributed by atoms with Crippen LogP contribution in [0.1, 0.15) is 33.6 Å². The number of esters is 1. The lowest BCUT2D eigenvalue weighted by Gasteiger charge is -2.32. The number of ether oxygens (including phenoxy) is 1. The van der Waals surface area contributed by atoms with Gasteiger partial charge in [-0.25, -0.2) is 0 Å². The number of hydrogen-bond donors (Lipinski definition) is 0. The molecule has 0 amide bonds. The molecule has 0 N–H and O–H groups in total. The molecule has 1 rings (SSSR count). The molecule has 0 fully saturated rings. The van der Waals surface area contributed by atoms with Crippen molar-refractivity contribution in [2.24, 2.45) is 5.41 Å². The second kappa shape index (κ2) is 7.17. The monoisotopic (exact) mass is 263 g/mol. The minimum atomic E-state index is -0.502. The number of carbonyl (C=O) groups is 1. The van der Waals surface area contributed by atoms with Crippen LogP contribution in [0.3, 0.4) is 0 Å². The predicted octanol–water partition coefficient (Wildman–Crippen LogP) is 3.49. The van der Waals surface area contributed by atoms with E-state index in [0.29, 0.717) is 6.54 Å². The normalized spacial score (nSPS) is 11.2. The van der Waals surface area contributed by atoms with Gasteiger partial charge in [0.05, 0.1) is 12.5 Å². The van der Waals surface area contributed by atoms with E-state index < -0.39 is 5.41 Å². The molecular formula is C16H25NO2. The van der Waals surface area contributed by atoms with Crippen LogP contribution in [0, 0.1) is 5.41 Å². The first-order chi connectivity index (χ1) is 9.01. The average Bonchev–Trinajstić information content (AvgIpc) is 2.43. The Balaban J connectivity index is 2.84. The van der Waals surface area contributed by atoms with Gasteiger partial charge in [0, 0.05) is 18.8 Å². The fourth-order valence-corrected chi connectivity index (χ4v) is 2.11. The Morgan fingerprint density at radius 2 is 1.89 bits per heavy atom. The summed E-state index contributed by atoms with van der Waals surface area (Å²) in [5.41, 5.74) is 0.658. The molecule has 0 saturated carbocycles. The smallest absolute Gasteiger partial charge is 0.313 e. The van der Waals surface area contributed by atoms with Gasteiger partial charge in [0.25, 0.3) is 0 Å². The second-order valence-electron chi connectivity index (χ2n) is 5.49. The lowest BCUT2D eigenvalue weighted by atomic mass is 9.92. The van der Waals surface area contributed by atoms with Crippen molar-refractivity contribution in [2.75, 3.05) is 25.1 Å². The quantitative estimate of drug-likeness (QED) is 0.705. The Labute approximate surface area is 116 Å². The molecule has 3 heteroatoms. The van der Waals surface area contributed by atoms with E-state index in [-0.39, 0.29) is 5.97 Å². The first-order valence-electron chi connectivity index (χ1n) is 6.89. The van der Waals surface area contributed by atoms with Crippen molar-refractivity contribution in [2.45, 2.75) is 33.6 Å². The van der Waals surface area contributed by atoms with Gasteiger partial charge in [0.1, 0.15) is 0 Å². The fourth-order valence-electron chi connectivity index (χ4n) is 2.11. The van der Waals surface area contributed by atoms with Crippen LogP contribution in [0.15, 0.2) is 30.3 Å². The number of hydrogen-bond acceptors (Lipinski definition) is 3. The van der Waals surface area contributed by atoms with Crippen LogP contribution in [0.4, 0.5) is 5.69 Å². The van der Waals surface area contributed by atoms with Crippen LogP contribution in [-0.4, -0.2) is 26.2 Å². The molecule has 106 valence electrons. The number of methoxy groups -OCH3 is 1. The van der Waals surface area contributed by atoms with E-state index in [1.54, 1.807) is 0 Å². The van der Waals surface area contributed by atoms with Crippen molar-refractivity contribution in [3.05, 3.63) is 30.3 Å². The van der Waals surface area contributed by atoms with Crippen molar-refractivity contribution in [3.63, 3.8) is 0 Å². The van der Waals surface area contributed by atoms with Gasteiger partial charge >= 0.3 is 5.97 Å². The Morgan fingerprint density at radius 1 is 1.26 bits per heavy atom. The Morgan fingerprint density at radius 3 is 2.42 bits per heavy atom. The first kappa shape index (κ1) is 15.5. The summed E-state index contributed by atoms with van der Waals surface area (Å²) in [6, 6.07) is 10.2. The summed E-state index contributed by atoms with van der Waals surface area (Å²) < 4.78 is 4.89. The zero-order chi connectivity index (χ0) is 14.3. The van der Waals surface area contributed by atoms with E-state index in [0.717, 1.165) is 25.1 Å².